The van der Waals surface area contributed by atoms with E-state index in [1.54, 1.807) is 0 Å². The van der Waals surface area contributed by atoms with E-state index in [4.69, 9.17) is 5.73 Å². The van der Waals surface area contributed by atoms with Crippen molar-refractivity contribution in [1.82, 2.24) is 15.1 Å². The minimum Gasteiger partial charge on any atom is -0.326 e. The average Bonchev–Trinajstić information content (AvgIpc) is 2.61. The molecule has 0 aromatic carbocycles. The van der Waals surface area contributed by atoms with Crippen molar-refractivity contribution < 1.29 is 0 Å². The van der Waals surface area contributed by atoms with Crippen LogP contribution in [0.25, 0.3) is 0 Å². The number of H-pyrrole nitrogens is 1. The number of nitrogens with zero attached hydrogens (tertiary/aromatic N) is 2. The Bertz CT molecular complexity index is 307. The van der Waals surface area contributed by atoms with Crippen LogP contribution in [0.1, 0.15) is 11.4 Å². The van der Waals surface area contributed by atoms with Crippen molar-refractivity contribution in [2.24, 2.45) is 11.7 Å². The van der Waals surface area contributed by atoms with Crippen LogP contribution in [0, 0.1) is 12.8 Å². The second kappa shape index (κ2) is 3.71. The minimum atomic E-state index is 0.303. The minimum absolute atomic E-state index is 0.303. The van der Waals surface area contributed by atoms with Crippen LogP contribution < -0.4 is 5.73 Å². The molecule has 0 radical (unpaired) electrons. The maximum absolute atomic E-state index is 6.04. The van der Waals surface area contributed by atoms with Gasteiger partial charge in [0, 0.05) is 24.8 Å². The monoisotopic (exact) mass is 194 g/mol. The number of rotatable bonds is 2. The summed E-state index contributed by atoms with van der Waals surface area (Å²) in [7, 11) is 2.12. The van der Waals surface area contributed by atoms with E-state index in [0.717, 1.165) is 30.9 Å². The number of nitrogens with two attached hydrogens (primary N) is 1. The highest BCUT2D eigenvalue weighted by Gasteiger charge is 2.28. The highest BCUT2D eigenvalue weighted by atomic mass is 15.2. The molecule has 0 bridgehead atoms. The highest BCUT2D eigenvalue weighted by Crippen LogP contribution is 2.18. The molecule has 2 rings (SSSR count). The number of aryl methyl sites for hydroxylation is 1. The van der Waals surface area contributed by atoms with E-state index in [1.807, 2.05) is 6.92 Å². The standard InChI is InChI=1S/C10H18N4/c1-7-3-9(13-12-7)4-8-5-14(2)6-10(8)11/h3,8,10H,4-6,11H2,1-2H3,(H,12,13). The number of likely N-dealkylation sites (tertiary alicyclic amines) is 1. The molecule has 4 nitrogen and oxygen atoms in total. The Hall–Kier alpha value is -0.870. The lowest BCUT2D eigenvalue weighted by molar-refractivity contribution is 0.393. The van der Waals surface area contributed by atoms with E-state index < -0.39 is 0 Å². The molecule has 0 amide bonds. The summed E-state index contributed by atoms with van der Waals surface area (Å²) in [6.45, 7) is 4.12. The lowest BCUT2D eigenvalue weighted by atomic mass is 9.99. The molecule has 0 saturated carbocycles. The first-order chi connectivity index (χ1) is 6.65. The molecule has 1 aromatic rings. The molecule has 0 spiro atoms. The van der Waals surface area contributed by atoms with Gasteiger partial charge in [-0.05, 0) is 32.4 Å². The molecule has 2 atom stereocenters. The Labute approximate surface area is 84.5 Å². The quantitative estimate of drug-likeness (QED) is 0.704. The van der Waals surface area contributed by atoms with Gasteiger partial charge in [-0.1, -0.05) is 0 Å². The average molecular weight is 194 g/mol. The Morgan fingerprint density at radius 2 is 2.43 bits per heavy atom. The highest BCUT2D eigenvalue weighted by molar-refractivity contribution is 5.08. The number of hydrogen-bond acceptors (Lipinski definition) is 3. The molecule has 1 saturated heterocycles. The topological polar surface area (TPSA) is 57.9 Å². The molecule has 2 unspecified atom stereocenters. The first-order valence-electron chi connectivity index (χ1n) is 5.10. The molecule has 78 valence electrons. The van der Waals surface area contributed by atoms with Gasteiger partial charge in [-0.15, -0.1) is 0 Å². The summed E-state index contributed by atoms with van der Waals surface area (Å²) in [6.07, 6.45) is 0.996. The van der Waals surface area contributed by atoms with Crippen LogP contribution in [0.5, 0.6) is 0 Å². The van der Waals surface area contributed by atoms with Gasteiger partial charge in [0.05, 0.1) is 5.69 Å². The van der Waals surface area contributed by atoms with E-state index in [2.05, 4.69) is 28.2 Å². The predicted molar refractivity (Wildman–Crippen MR) is 56.0 cm³/mol. The lowest BCUT2D eigenvalue weighted by Crippen LogP contribution is -2.30. The van der Waals surface area contributed by atoms with Crippen molar-refractivity contribution in [1.29, 1.82) is 0 Å². The van der Waals surface area contributed by atoms with Gasteiger partial charge in [0.25, 0.3) is 0 Å². The van der Waals surface area contributed by atoms with Crippen molar-refractivity contribution >= 4 is 0 Å². The summed E-state index contributed by atoms with van der Waals surface area (Å²) in [5.41, 5.74) is 8.31. The predicted octanol–water partition coefficient (Wildman–Crippen LogP) is 0.150. The molecule has 1 aliphatic heterocycles. The second-order valence-corrected chi connectivity index (χ2v) is 4.39. The SMILES string of the molecule is Cc1cc(CC2CN(C)CC2N)n[nH]1. The Kier molecular flexibility index (Phi) is 2.56. The van der Waals surface area contributed by atoms with E-state index in [-0.39, 0.29) is 0 Å². The summed E-state index contributed by atoms with van der Waals surface area (Å²) in [5, 5.41) is 7.20. The van der Waals surface area contributed by atoms with Gasteiger partial charge in [0.1, 0.15) is 0 Å². The first-order valence-corrected chi connectivity index (χ1v) is 5.10. The number of aromatic nitrogens is 2. The van der Waals surface area contributed by atoms with Crippen LogP contribution in [-0.4, -0.2) is 41.3 Å². The smallest absolute Gasteiger partial charge is 0.0628 e. The van der Waals surface area contributed by atoms with Gasteiger partial charge >= 0.3 is 0 Å². The van der Waals surface area contributed by atoms with Gasteiger partial charge in [-0.2, -0.15) is 5.10 Å². The fraction of sp³-hybridized carbons (Fsp3) is 0.700. The fourth-order valence-electron chi connectivity index (χ4n) is 2.18. The van der Waals surface area contributed by atoms with E-state index in [0.29, 0.717) is 12.0 Å². The first kappa shape index (κ1) is 9.68. The third-order valence-electron chi connectivity index (χ3n) is 2.90. The van der Waals surface area contributed by atoms with Crippen LogP contribution in [0.2, 0.25) is 0 Å². The normalized spacial score (nSPS) is 28.5. The van der Waals surface area contributed by atoms with Gasteiger partial charge in [-0.25, -0.2) is 0 Å². The maximum atomic E-state index is 6.04. The van der Waals surface area contributed by atoms with Crippen LogP contribution in [0.15, 0.2) is 6.07 Å². The zero-order valence-electron chi connectivity index (χ0n) is 8.83. The summed E-state index contributed by atoms with van der Waals surface area (Å²) >= 11 is 0. The summed E-state index contributed by atoms with van der Waals surface area (Å²) in [4.78, 5) is 2.29. The third kappa shape index (κ3) is 1.96. The zero-order valence-corrected chi connectivity index (χ0v) is 8.83. The summed E-state index contributed by atoms with van der Waals surface area (Å²) in [5.74, 6) is 0.558. The van der Waals surface area contributed by atoms with Crippen LogP contribution in [0.3, 0.4) is 0 Å². The zero-order chi connectivity index (χ0) is 10.1. The number of likely N-dealkylation sites (N-methyl/N-ethyl adjacent to an activating group) is 1. The van der Waals surface area contributed by atoms with Crippen molar-refractivity contribution in [2.75, 3.05) is 20.1 Å². The molecular weight excluding hydrogens is 176 g/mol. The fourth-order valence-corrected chi connectivity index (χ4v) is 2.18. The van der Waals surface area contributed by atoms with Crippen molar-refractivity contribution in [2.45, 2.75) is 19.4 Å². The maximum Gasteiger partial charge on any atom is 0.0628 e. The van der Waals surface area contributed by atoms with Gasteiger partial charge < -0.3 is 10.6 Å². The largest absolute Gasteiger partial charge is 0.326 e. The van der Waals surface area contributed by atoms with Gasteiger partial charge in [-0.3, -0.25) is 5.10 Å². The number of aromatic amines is 1. The van der Waals surface area contributed by atoms with Crippen LogP contribution in [0.4, 0.5) is 0 Å². The Morgan fingerprint density at radius 1 is 1.64 bits per heavy atom. The Morgan fingerprint density at radius 3 is 2.93 bits per heavy atom. The van der Waals surface area contributed by atoms with Crippen molar-refractivity contribution in [3.63, 3.8) is 0 Å². The molecule has 1 fully saturated rings. The summed E-state index contributed by atoms with van der Waals surface area (Å²) < 4.78 is 0. The van der Waals surface area contributed by atoms with Crippen LogP contribution in [-0.2, 0) is 6.42 Å². The molecule has 14 heavy (non-hydrogen) atoms. The second-order valence-electron chi connectivity index (χ2n) is 4.39. The van der Waals surface area contributed by atoms with Crippen LogP contribution >= 0.6 is 0 Å². The third-order valence-corrected chi connectivity index (χ3v) is 2.90. The lowest BCUT2D eigenvalue weighted by Gasteiger charge is -2.11. The van der Waals surface area contributed by atoms with E-state index in [1.165, 1.54) is 0 Å². The molecular formula is C10H18N4. The molecule has 4 heteroatoms. The van der Waals surface area contributed by atoms with Crippen molar-refractivity contribution in [3.8, 4) is 0 Å². The number of nitrogens with one attached hydrogen (secondary N) is 1. The van der Waals surface area contributed by atoms with Gasteiger partial charge in [0.15, 0.2) is 0 Å². The number of hydrogen-bond donors (Lipinski definition) is 2. The molecule has 1 aromatic heterocycles. The molecule has 0 aliphatic carbocycles. The van der Waals surface area contributed by atoms with Gasteiger partial charge in [0.2, 0.25) is 0 Å². The van der Waals surface area contributed by atoms with E-state index in [9.17, 15) is 0 Å². The summed E-state index contributed by atoms with van der Waals surface area (Å²) in [6, 6.07) is 2.41. The molecule has 3 N–H and O–H groups in total. The molecule has 2 heterocycles. The van der Waals surface area contributed by atoms with Crippen molar-refractivity contribution in [3.05, 3.63) is 17.5 Å². The van der Waals surface area contributed by atoms with E-state index >= 15 is 0 Å². The Balaban J connectivity index is 1.98. The molecule has 1 aliphatic rings.